The number of hydrogen-bond donors (Lipinski definition) is 1. The lowest BCUT2D eigenvalue weighted by atomic mass is 10.2. The molecule has 0 bridgehead atoms. The van der Waals surface area contributed by atoms with Crippen molar-refractivity contribution < 1.29 is 19.0 Å². The molecule has 0 atom stereocenters. The Morgan fingerprint density at radius 1 is 1.04 bits per heavy atom. The Balaban J connectivity index is 1.86. The minimum Gasteiger partial charge on any atom is -0.493 e. The molecule has 0 aromatic heterocycles. The lowest BCUT2D eigenvalue weighted by Gasteiger charge is -2.13. The van der Waals surface area contributed by atoms with Gasteiger partial charge in [0.1, 0.15) is 6.61 Å². The van der Waals surface area contributed by atoms with E-state index >= 15 is 0 Å². The van der Waals surface area contributed by atoms with Gasteiger partial charge in [0, 0.05) is 10.6 Å². The Labute approximate surface area is 140 Å². The van der Waals surface area contributed by atoms with Crippen molar-refractivity contribution in [2.75, 3.05) is 27.4 Å². The summed E-state index contributed by atoms with van der Waals surface area (Å²) in [5, 5.41) is 3.37. The van der Waals surface area contributed by atoms with Crippen molar-refractivity contribution in [1.82, 2.24) is 5.32 Å². The van der Waals surface area contributed by atoms with Crippen LogP contribution in [-0.2, 0) is 0 Å². The summed E-state index contributed by atoms with van der Waals surface area (Å²) >= 11 is 5.79. The number of ether oxygens (including phenoxy) is 3. The van der Waals surface area contributed by atoms with E-state index in [4.69, 9.17) is 25.8 Å². The van der Waals surface area contributed by atoms with Crippen LogP contribution < -0.4 is 19.5 Å². The van der Waals surface area contributed by atoms with Crippen LogP contribution in [0.5, 0.6) is 17.2 Å². The lowest BCUT2D eigenvalue weighted by Crippen LogP contribution is -2.28. The summed E-state index contributed by atoms with van der Waals surface area (Å²) < 4.78 is 16.1. The van der Waals surface area contributed by atoms with E-state index in [1.165, 1.54) is 0 Å². The number of amides is 1. The van der Waals surface area contributed by atoms with E-state index < -0.39 is 0 Å². The van der Waals surface area contributed by atoms with E-state index in [2.05, 4.69) is 5.32 Å². The standard InChI is InChI=1S/C17H18ClNO4/c1-21-14-4-3-5-15(16(14)22-2)23-11-10-19-17(20)12-6-8-13(18)9-7-12/h3-9H,10-11H2,1-2H3,(H,19,20). The summed E-state index contributed by atoms with van der Waals surface area (Å²) in [6.07, 6.45) is 0. The molecule has 0 unspecified atom stereocenters. The number of halogens is 1. The predicted octanol–water partition coefficient (Wildman–Crippen LogP) is 3.17. The monoisotopic (exact) mass is 335 g/mol. The van der Waals surface area contributed by atoms with Crippen molar-refractivity contribution in [2.45, 2.75) is 0 Å². The highest BCUT2D eigenvalue weighted by Gasteiger charge is 2.10. The molecule has 0 spiro atoms. The zero-order valence-electron chi connectivity index (χ0n) is 13.0. The van der Waals surface area contributed by atoms with Gasteiger partial charge < -0.3 is 19.5 Å². The van der Waals surface area contributed by atoms with Gasteiger partial charge in [-0.05, 0) is 36.4 Å². The molecule has 1 N–H and O–H groups in total. The molecule has 1 amide bonds. The number of hydrogen-bond acceptors (Lipinski definition) is 4. The largest absolute Gasteiger partial charge is 0.493 e. The van der Waals surface area contributed by atoms with Crippen molar-refractivity contribution in [1.29, 1.82) is 0 Å². The Morgan fingerprint density at radius 3 is 2.39 bits per heavy atom. The van der Waals surface area contributed by atoms with Gasteiger partial charge in [-0.25, -0.2) is 0 Å². The zero-order chi connectivity index (χ0) is 16.7. The van der Waals surface area contributed by atoms with Gasteiger partial charge >= 0.3 is 0 Å². The molecule has 0 aliphatic heterocycles. The van der Waals surface area contributed by atoms with Crippen molar-refractivity contribution in [2.24, 2.45) is 0 Å². The van der Waals surface area contributed by atoms with Crippen LogP contribution in [0.2, 0.25) is 5.02 Å². The van der Waals surface area contributed by atoms with Crippen molar-refractivity contribution in [3.63, 3.8) is 0 Å². The number of methoxy groups -OCH3 is 2. The Kier molecular flexibility index (Phi) is 6.11. The van der Waals surface area contributed by atoms with Crippen LogP contribution in [0, 0.1) is 0 Å². The SMILES string of the molecule is COc1cccc(OCCNC(=O)c2ccc(Cl)cc2)c1OC. The van der Waals surface area contributed by atoms with E-state index in [-0.39, 0.29) is 5.91 Å². The zero-order valence-corrected chi connectivity index (χ0v) is 13.7. The highest BCUT2D eigenvalue weighted by atomic mass is 35.5. The first-order valence-electron chi connectivity index (χ1n) is 7.03. The maximum atomic E-state index is 11.9. The fourth-order valence-electron chi connectivity index (χ4n) is 2.00. The molecule has 2 aromatic rings. The van der Waals surface area contributed by atoms with Gasteiger partial charge in [0.05, 0.1) is 20.8 Å². The second-order valence-electron chi connectivity index (χ2n) is 4.60. The molecule has 0 aliphatic carbocycles. The molecule has 2 rings (SSSR count). The fraction of sp³-hybridized carbons (Fsp3) is 0.235. The van der Waals surface area contributed by atoms with Gasteiger partial charge in [-0.2, -0.15) is 0 Å². The topological polar surface area (TPSA) is 56.8 Å². The van der Waals surface area contributed by atoms with Crippen LogP contribution in [0.1, 0.15) is 10.4 Å². The van der Waals surface area contributed by atoms with E-state index in [1.807, 2.05) is 6.07 Å². The molecule has 0 fully saturated rings. The molecule has 0 heterocycles. The van der Waals surface area contributed by atoms with Crippen LogP contribution in [0.15, 0.2) is 42.5 Å². The normalized spacial score (nSPS) is 10.0. The molecule has 6 heteroatoms. The van der Waals surface area contributed by atoms with Gasteiger partial charge in [-0.15, -0.1) is 0 Å². The first kappa shape index (κ1) is 17.0. The summed E-state index contributed by atoms with van der Waals surface area (Å²) in [4.78, 5) is 11.9. The second-order valence-corrected chi connectivity index (χ2v) is 5.04. The van der Waals surface area contributed by atoms with Crippen molar-refractivity contribution in [3.8, 4) is 17.2 Å². The number of para-hydroxylation sites is 1. The smallest absolute Gasteiger partial charge is 0.251 e. The lowest BCUT2D eigenvalue weighted by molar-refractivity contribution is 0.0946. The highest BCUT2D eigenvalue weighted by Crippen LogP contribution is 2.36. The Hall–Kier alpha value is -2.40. The van der Waals surface area contributed by atoms with Crippen LogP contribution in [-0.4, -0.2) is 33.3 Å². The molecule has 0 saturated heterocycles. The van der Waals surface area contributed by atoms with Gasteiger partial charge in [-0.3, -0.25) is 4.79 Å². The summed E-state index contributed by atoms with van der Waals surface area (Å²) in [6.45, 7) is 0.671. The van der Waals surface area contributed by atoms with E-state index in [1.54, 1.807) is 50.6 Å². The third kappa shape index (κ3) is 4.53. The molecule has 5 nitrogen and oxygen atoms in total. The maximum absolute atomic E-state index is 11.9. The fourth-order valence-corrected chi connectivity index (χ4v) is 2.13. The average Bonchev–Trinajstić information content (AvgIpc) is 2.58. The van der Waals surface area contributed by atoms with Gasteiger partial charge in [0.25, 0.3) is 5.91 Å². The molecular formula is C17H18ClNO4. The number of benzene rings is 2. The number of carbonyl (C=O) groups excluding carboxylic acids is 1. The average molecular weight is 336 g/mol. The van der Waals surface area contributed by atoms with Gasteiger partial charge in [-0.1, -0.05) is 17.7 Å². The van der Waals surface area contributed by atoms with Crippen LogP contribution in [0.3, 0.4) is 0 Å². The van der Waals surface area contributed by atoms with Crippen molar-refractivity contribution in [3.05, 3.63) is 53.1 Å². The molecule has 0 saturated carbocycles. The second kappa shape index (κ2) is 8.29. The van der Waals surface area contributed by atoms with Crippen molar-refractivity contribution >= 4 is 17.5 Å². The molecule has 0 radical (unpaired) electrons. The molecule has 122 valence electrons. The Morgan fingerprint density at radius 2 is 1.74 bits per heavy atom. The molecule has 0 aliphatic rings. The van der Waals surface area contributed by atoms with Gasteiger partial charge in [0.2, 0.25) is 5.75 Å². The van der Waals surface area contributed by atoms with Crippen LogP contribution in [0.4, 0.5) is 0 Å². The number of rotatable bonds is 7. The summed E-state index contributed by atoms with van der Waals surface area (Å²) in [5.74, 6) is 1.50. The van der Waals surface area contributed by atoms with E-state index in [9.17, 15) is 4.79 Å². The number of nitrogens with one attached hydrogen (secondary N) is 1. The minimum atomic E-state index is -0.178. The molecule has 2 aromatic carbocycles. The summed E-state index contributed by atoms with van der Waals surface area (Å²) in [6, 6.07) is 12.1. The maximum Gasteiger partial charge on any atom is 0.251 e. The number of carbonyl (C=O) groups is 1. The highest BCUT2D eigenvalue weighted by molar-refractivity contribution is 6.30. The predicted molar refractivity (Wildman–Crippen MR) is 88.8 cm³/mol. The molecular weight excluding hydrogens is 318 g/mol. The van der Waals surface area contributed by atoms with E-state index in [0.29, 0.717) is 41.0 Å². The van der Waals surface area contributed by atoms with E-state index in [0.717, 1.165) is 0 Å². The third-order valence-electron chi connectivity index (χ3n) is 3.12. The quantitative estimate of drug-likeness (QED) is 0.790. The third-order valence-corrected chi connectivity index (χ3v) is 3.37. The minimum absolute atomic E-state index is 0.178. The Bertz CT molecular complexity index is 658. The van der Waals surface area contributed by atoms with Gasteiger partial charge in [0.15, 0.2) is 11.5 Å². The molecule has 23 heavy (non-hydrogen) atoms. The van der Waals surface area contributed by atoms with Crippen LogP contribution in [0.25, 0.3) is 0 Å². The first-order valence-corrected chi connectivity index (χ1v) is 7.41. The summed E-state index contributed by atoms with van der Waals surface area (Å²) in [5.41, 5.74) is 0.549. The first-order chi connectivity index (χ1) is 11.2. The van der Waals surface area contributed by atoms with Crippen LogP contribution >= 0.6 is 11.6 Å². The summed E-state index contributed by atoms with van der Waals surface area (Å²) in [7, 11) is 3.11.